The second-order valence-corrected chi connectivity index (χ2v) is 9.74. The first-order valence-electron chi connectivity index (χ1n) is 12.5. The molecule has 1 amide bonds. The highest BCUT2D eigenvalue weighted by Gasteiger charge is 2.38. The number of piperidine rings is 1. The molecule has 0 spiro atoms. The van der Waals surface area contributed by atoms with E-state index >= 15 is 0 Å². The van der Waals surface area contributed by atoms with Crippen LogP contribution in [0.4, 0.5) is 13.2 Å². The summed E-state index contributed by atoms with van der Waals surface area (Å²) in [4.78, 5) is 28.0. The Morgan fingerprint density at radius 3 is 2.27 bits per heavy atom. The fourth-order valence-electron chi connectivity index (χ4n) is 4.51. The molecule has 0 saturated carbocycles. The average Bonchev–Trinajstić information content (AvgIpc) is 3.35. The minimum absolute atomic E-state index is 0.0682. The van der Waals surface area contributed by atoms with Gasteiger partial charge in [0.05, 0.1) is 35.9 Å². The average molecular weight is 552 g/mol. The van der Waals surface area contributed by atoms with E-state index in [2.05, 4.69) is 42.2 Å². The normalized spacial score (nSPS) is 14.3. The topological polar surface area (TPSA) is 123 Å². The largest absolute Gasteiger partial charge is 0.490 e. The van der Waals surface area contributed by atoms with Crippen molar-refractivity contribution in [3.8, 4) is 12.1 Å². The third kappa shape index (κ3) is 8.18. The van der Waals surface area contributed by atoms with Crippen molar-refractivity contribution in [2.75, 3.05) is 13.1 Å². The summed E-state index contributed by atoms with van der Waals surface area (Å²) in [6.45, 7) is 3.86. The number of carboxylic acids is 1. The molecule has 208 valence electrons. The number of aryl methyl sites for hydroxylation is 1. The first-order chi connectivity index (χ1) is 18.9. The van der Waals surface area contributed by atoms with Crippen molar-refractivity contribution in [2.45, 2.75) is 45.3 Å². The van der Waals surface area contributed by atoms with Crippen LogP contribution in [0.25, 0.3) is 0 Å². The Bertz CT molecular complexity index is 1410. The van der Waals surface area contributed by atoms with E-state index in [1.54, 1.807) is 24.7 Å². The van der Waals surface area contributed by atoms with Gasteiger partial charge in [-0.15, -0.1) is 0 Å². The predicted molar refractivity (Wildman–Crippen MR) is 139 cm³/mol. The Morgan fingerprint density at radius 1 is 1.07 bits per heavy atom. The van der Waals surface area contributed by atoms with Gasteiger partial charge in [0.1, 0.15) is 0 Å². The summed E-state index contributed by atoms with van der Waals surface area (Å²) in [7, 11) is 0. The predicted octanol–water partition coefficient (Wildman–Crippen LogP) is 4.66. The van der Waals surface area contributed by atoms with E-state index in [1.807, 2.05) is 27.7 Å². The maximum absolute atomic E-state index is 13.0. The number of benzene rings is 2. The molecular formula is C29H28F3N5O3. The summed E-state index contributed by atoms with van der Waals surface area (Å²) < 4.78 is 33.7. The van der Waals surface area contributed by atoms with Crippen LogP contribution >= 0.6 is 0 Å². The quantitative estimate of drug-likeness (QED) is 0.475. The molecule has 8 nitrogen and oxygen atoms in total. The third-order valence-corrected chi connectivity index (χ3v) is 6.74. The summed E-state index contributed by atoms with van der Waals surface area (Å²) in [6, 6.07) is 20.4. The van der Waals surface area contributed by atoms with E-state index in [4.69, 9.17) is 15.2 Å². The molecule has 0 aliphatic carbocycles. The zero-order chi connectivity index (χ0) is 29.3. The van der Waals surface area contributed by atoms with Gasteiger partial charge >= 0.3 is 12.1 Å². The molecule has 0 unspecified atom stereocenters. The number of amides is 1. The number of carbonyl (C=O) groups excluding carboxylic acids is 1. The van der Waals surface area contributed by atoms with Gasteiger partial charge in [0.15, 0.2) is 0 Å². The maximum Gasteiger partial charge on any atom is 0.490 e. The Hall–Kier alpha value is -4.64. The number of rotatable bonds is 6. The van der Waals surface area contributed by atoms with Crippen LogP contribution in [-0.4, -0.2) is 50.7 Å². The number of aromatic nitrogens is 2. The summed E-state index contributed by atoms with van der Waals surface area (Å²) in [5.41, 5.74) is 4.51. The van der Waals surface area contributed by atoms with Gasteiger partial charge in [0.2, 0.25) is 5.91 Å². The van der Waals surface area contributed by atoms with Crippen LogP contribution in [0.1, 0.15) is 40.8 Å². The Morgan fingerprint density at radius 2 is 1.73 bits per heavy atom. The molecule has 1 aliphatic heterocycles. The zero-order valence-electron chi connectivity index (χ0n) is 21.9. The molecule has 2 heterocycles. The van der Waals surface area contributed by atoms with Crippen molar-refractivity contribution >= 4 is 11.9 Å². The summed E-state index contributed by atoms with van der Waals surface area (Å²) in [5.74, 6) is -2.69. The highest BCUT2D eigenvalue weighted by atomic mass is 19.4. The molecule has 1 saturated heterocycles. The number of hydrogen-bond acceptors (Lipinski definition) is 5. The van der Waals surface area contributed by atoms with Crippen molar-refractivity contribution in [3.63, 3.8) is 0 Å². The maximum atomic E-state index is 13.0. The molecule has 0 bridgehead atoms. The molecular weight excluding hydrogens is 523 g/mol. The van der Waals surface area contributed by atoms with Gasteiger partial charge in [-0.1, -0.05) is 42.0 Å². The molecule has 0 atom stereocenters. The van der Waals surface area contributed by atoms with Crippen LogP contribution in [0, 0.1) is 35.0 Å². The zero-order valence-corrected chi connectivity index (χ0v) is 21.9. The van der Waals surface area contributed by atoms with E-state index in [0.717, 1.165) is 17.7 Å². The molecule has 2 aromatic carbocycles. The van der Waals surface area contributed by atoms with Gasteiger partial charge in [-0.05, 0) is 49.4 Å². The van der Waals surface area contributed by atoms with Gasteiger partial charge in [0, 0.05) is 31.5 Å². The lowest BCUT2D eigenvalue weighted by atomic mass is 9.75. The Kier molecular flexibility index (Phi) is 9.68. The number of aliphatic carboxylic acids is 1. The number of alkyl halides is 3. The lowest BCUT2D eigenvalue weighted by Crippen LogP contribution is -2.44. The molecule has 4 rings (SSSR count). The van der Waals surface area contributed by atoms with E-state index in [-0.39, 0.29) is 12.3 Å². The second-order valence-electron chi connectivity index (χ2n) is 9.74. The number of likely N-dealkylation sites (tertiary alicyclic amines) is 1. The minimum Gasteiger partial charge on any atom is -0.475 e. The number of carbonyl (C=O) groups is 2. The van der Waals surface area contributed by atoms with Crippen LogP contribution in [0.2, 0.25) is 0 Å². The van der Waals surface area contributed by atoms with Crippen molar-refractivity contribution in [2.24, 2.45) is 5.41 Å². The number of nitrogens with zero attached hydrogens (tertiary/aromatic N) is 5. The lowest BCUT2D eigenvalue weighted by molar-refractivity contribution is -0.192. The molecule has 40 heavy (non-hydrogen) atoms. The van der Waals surface area contributed by atoms with Crippen molar-refractivity contribution < 1.29 is 27.9 Å². The number of halogens is 3. The Labute approximate surface area is 229 Å². The monoisotopic (exact) mass is 551 g/mol. The standard InChI is InChI=1S/C27H27N5O.C2HF3O2/c1-21-3-2-4-24(13-21)15-27(19-29)9-11-31(12-10-27)26(33)14-25-17-30-20-32(25)18-23-7-5-22(16-28)6-8-23;3-2(4,5)1(6)7/h2-8,13,17,20H,9-12,14-15,18H2,1H3;(H,6,7). The van der Waals surface area contributed by atoms with E-state index in [0.29, 0.717) is 38.0 Å². The molecule has 1 fully saturated rings. The van der Waals surface area contributed by atoms with Crippen LogP contribution in [-0.2, 0) is 29.0 Å². The van der Waals surface area contributed by atoms with Gasteiger partial charge in [-0.3, -0.25) is 4.79 Å². The summed E-state index contributed by atoms with van der Waals surface area (Å²) in [5, 5.41) is 26.0. The summed E-state index contributed by atoms with van der Waals surface area (Å²) in [6.07, 6.45) is 0.780. The number of nitriles is 2. The third-order valence-electron chi connectivity index (χ3n) is 6.74. The lowest BCUT2D eigenvalue weighted by Gasteiger charge is -2.37. The van der Waals surface area contributed by atoms with Crippen LogP contribution in [0.5, 0.6) is 0 Å². The molecule has 0 radical (unpaired) electrons. The first kappa shape index (κ1) is 29.9. The molecule has 1 aromatic heterocycles. The molecule has 11 heteroatoms. The van der Waals surface area contributed by atoms with Crippen molar-refractivity contribution in [1.82, 2.24) is 14.5 Å². The van der Waals surface area contributed by atoms with Crippen LogP contribution in [0.15, 0.2) is 61.1 Å². The van der Waals surface area contributed by atoms with Crippen molar-refractivity contribution in [1.29, 1.82) is 10.5 Å². The SMILES string of the molecule is Cc1cccc(CC2(C#N)CCN(C(=O)Cc3cncn3Cc3ccc(C#N)cc3)CC2)c1.O=C(O)C(F)(F)F. The number of imidazole rings is 1. The minimum atomic E-state index is -5.08. The van der Waals surface area contributed by atoms with Crippen molar-refractivity contribution in [3.05, 3.63) is 89.0 Å². The van der Waals surface area contributed by atoms with Gasteiger partial charge < -0.3 is 14.6 Å². The van der Waals surface area contributed by atoms with Gasteiger partial charge in [-0.2, -0.15) is 23.7 Å². The molecule has 1 N–H and O–H groups in total. The highest BCUT2D eigenvalue weighted by molar-refractivity contribution is 5.78. The smallest absolute Gasteiger partial charge is 0.475 e. The van der Waals surface area contributed by atoms with Gasteiger partial charge in [-0.25, -0.2) is 9.78 Å². The van der Waals surface area contributed by atoms with E-state index in [1.165, 1.54) is 11.1 Å². The number of hydrogen-bond donors (Lipinski definition) is 1. The number of carboxylic acid groups (broad SMARTS) is 1. The van der Waals surface area contributed by atoms with E-state index < -0.39 is 17.6 Å². The second kappa shape index (κ2) is 12.9. The molecule has 3 aromatic rings. The fraction of sp³-hybridized carbons (Fsp3) is 0.345. The van der Waals surface area contributed by atoms with Crippen LogP contribution in [0.3, 0.4) is 0 Å². The fourth-order valence-corrected chi connectivity index (χ4v) is 4.51. The highest BCUT2D eigenvalue weighted by Crippen LogP contribution is 2.35. The summed E-state index contributed by atoms with van der Waals surface area (Å²) >= 11 is 0. The van der Waals surface area contributed by atoms with Crippen LogP contribution < -0.4 is 0 Å². The van der Waals surface area contributed by atoms with Gasteiger partial charge in [0.25, 0.3) is 0 Å². The Balaban J connectivity index is 0.000000559. The first-order valence-corrected chi connectivity index (χ1v) is 12.5. The molecule has 1 aliphatic rings. The van der Waals surface area contributed by atoms with E-state index in [9.17, 15) is 23.2 Å².